The fourth-order valence-electron chi connectivity index (χ4n) is 0.949. The highest BCUT2D eigenvalue weighted by Crippen LogP contribution is 2.07. The quantitative estimate of drug-likeness (QED) is 0.483. The monoisotopic (exact) mass is 269 g/mol. The van der Waals surface area contributed by atoms with Gasteiger partial charge < -0.3 is 0 Å². The lowest BCUT2D eigenvalue weighted by Gasteiger charge is -2.01. The molecule has 0 spiro atoms. The van der Waals surface area contributed by atoms with Crippen LogP contribution in [0.5, 0.6) is 0 Å². The molecular weight excluding hydrogens is 258 g/mol. The van der Waals surface area contributed by atoms with E-state index in [1.165, 1.54) is 6.21 Å². The molecule has 0 bridgehead atoms. The molecule has 0 heterocycles. The van der Waals surface area contributed by atoms with E-state index in [0.29, 0.717) is 5.02 Å². The third-order valence-corrected chi connectivity index (χ3v) is 2.02. The first kappa shape index (κ1) is 14.1. The summed E-state index contributed by atoms with van der Waals surface area (Å²) in [5, 5.41) is 4.22. The Labute approximate surface area is 109 Å². The smallest absolute Gasteiger partial charge is 0.274 e. The van der Waals surface area contributed by atoms with Crippen molar-refractivity contribution in [3.63, 3.8) is 0 Å². The van der Waals surface area contributed by atoms with Crippen molar-refractivity contribution in [2.24, 2.45) is 5.10 Å². The molecule has 0 aromatic heterocycles. The van der Waals surface area contributed by atoms with Gasteiger partial charge in [0.15, 0.2) is 0 Å². The van der Waals surface area contributed by atoms with E-state index in [4.69, 9.17) is 11.6 Å². The minimum atomic E-state index is -0.912. The van der Waals surface area contributed by atoms with Gasteiger partial charge in [-0.3, -0.25) is 14.4 Å². The lowest BCUT2D eigenvalue weighted by molar-refractivity contribution is -0.146. The van der Waals surface area contributed by atoms with Crippen LogP contribution < -0.4 is 10.9 Å². The van der Waals surface area contributed by atoms with Gasteiger partial charge in [-0.15, -0.1) is 0 Å². The van der Waals surface area contributed by atoms with E-state index in [1.807, 2.05) is 5.48 Å². The molecule has 0 aliphatic rings. The summed E-state index contributed by atoms with van der Waals surface area (Å²) in [7, 11) is 0. The van der Waals surface area contributed by atoms with E-state index in [0.717, 1.165) is 5.56 Å². The zero-order chi connectivity index (χ0) is 13.4. The molecule has 1 rings (SSSR count). The predicted octanol–water partition coefficient (Wildman–Crippen LogP) is 0.858. The normalized spacial score (nSPS) is 10.3. The minimum Gasteiger partial charge on any atom is -0.274 e. The lowest BCUT2D eigenvalue weighted by Crippen LogP contribution is -2.37. The van der Waals surface area contributed by atoms with Crippen molar-refractivity contribution in [3.05, 3.63) is 34.9 Å². The fourth-order valence-corrected chi connectivity index (χ4v) is 1.08. The van der Waals surface area contributed by atoms with Crippen LogP contribution in [-0.2, 0) is 14.4 Å². The average molecular weight is 270 g/mol. The van der Waals surface area contributed by atoms with Crippen molar-refractivity contribution >= 4 is 29.6 Å². The number of hydrazone groups is 1. The summed E-state index contributed by atoms with van der Waals surface area (Å²) in [6, 6.07) is 6.82. The Balaban J connectivity index is 2.42. The Kier molecular flexibility index (Phi) is 5.83. The summed E-state index contributed by atoms with van der Waals surface area (Å²) in [4.78, 5) is 26.8. The summed E-state index contributed by atoms with van der Waals surface area (Å²) < 4.78 is 0. The molecule has 0 aliphatic carbocycles. The lowest BCUT2D eigenvalue weighted by atomic mass is 10.2. The van der Waals surface area contributed by atoms with Gasteiger partial charge in [0.05, 0.1) is 12.8 Å². The predicted molar refractivity (Wildman–Crippen MR) is 67.0 cm³/mol. The van der Waals surface area contributed by atoms with Gasteiger partial charge in [0.25, 0.3) is 0 Å². The van der Waals surface area contributed by atoms with Crippen molar-refractivity contribution in [3.8, 4) is 0 Å². The van der Waals surface area contributed by atoms with Gasteiger partial charge in [-0.25, -0.2) is 10.9 Å². The average Bonchev–Trinajstić information content (AvgIpc) is 2.38. The highest BCUT2D eigenvalue weighted by atomic mass is 35.5. The number of rotatable bonds is 4. The maximum atomic E-state index is 11.2. The molecule has 18 heavy (non-hydrogen) atoms. The Morgan fingerprint density at radius 1 is 1.33 bits per heavy atom. The zero-order valence-electron chi connectivity index (χ0n) is 9.64. The molecule has 6 nitrogen and oxygen atoms in total. The van der Waals surface area contributed by atoms with Crippen molar-refractivity contribution in [2.75, 3.05) is 6.61 Å². The minimum absolute atomic E-state index is 0.271. The van der Waals surface area contributed by atoms with Gasteiger partial charge in [0.2, 0.25) is 0 Å². The van der Waals surface area contributed by atoms with Gasteiger partial charge in [0.1, 0.15) is 0 Å². The second-order valence-corrected chi connectivity index (χ2v) is 3.55. The van der Waals surface area contributed by atoms with Crippen molar-refractivity contribution in [2.45, 2.75) is 6.92 Å². The number of amides is 2. The van der Waals surface area contributed by atoms with E-state index >= 15 is 0 Å². The van der Waals surface area contributed by atoms with Crippen molar-refractivity contribution in [1.82, 2.24) is 10.9 Å². The van der Waals surface area contributed by atoms with Crippen LogP contribution in [0.1, 0.15) is 12.5 Å². The molecule has 1 aromatic carbocycles. The molecule has 2 N–H and O–H groups in total. The molecular formula is C11H12ClN3O3. The Morgan fingerprint density at radius 2 is 2.00 bits per heavy atom. The number of nitrogens with zero attached hydrogens (tertiary/aromatic N) is 1. The topological polar surface area (TPSA) is 79.8 Å². The van der Waals surface area contributed by atoms with Gasteiger partial charge >= 0.3 is 11.8 Å². The van der Waals surface area contributed by atoms with E-state index in [2.05, 4.69) is 15.4 Å². The molecule has 96 valence electrons. The fraction of sp³-hybridized carbons (Fsp3) is 0.182. The maximum Gasteiger partial charge on any atom is 0.334 e. The standard InChI is InChI=1S/C11H12ClN3O3/c1-2-18-15-11(17)10(16)14-13-7-8-3-5-9(12)6-4-8/h3-7H,2H2,1H3,(H,14,16)(H,15,17). The third kappa shape index (κ3) is 4.94. The van der Waals surface area contributed by atoms with Crippen LogP contribution in [0.4, 0.5) is 0 Å². The van der Waals surface area contributed by atoms with Crippen molar-refractivity contribution in [1.29, 1.82) is 0 Å². The van der Waals surface area contributed by atoms with Gasteiger partial charge in [-0.05, 0) is 24.6 Å². The van der Waals surface area contributed by atoms with E-state index in [1.54, 1.807) is 31.2 Å². The molecule has 0 unspecified atom stereocenters. The van der Waals surface area contributed by atoms with Gasteiger partial charge in [0, 0.05) is 5.02 Å². The molecule has 7 heteroatoms. The molecule has 0 radical (unpaired) electrons. The summed E-state index contributed by atoms with van der Waals surface area (Å²) in [5.74, 6) is -1.82. The summed E-state index contributed by atoms with van der Waals surface area (Å²) >= 11 is 5.71. The van der Waals surface area contributed by atoms with Gasteiger partial charge in [-0.2, -0.15) is 5.10 Å². The van der Waals surface area contributed by atoms with E-state index in [9.17, 15) is 9.59 Å². The molecule has 0 aliphatic heterocycles. The number of carbonyl (C=O) groups is 2. The summed E-state index contributed by atoms with van der Waals surface area (Å²) in [5.41, 5.74) is 4.75. The summed E-state index contributed by atoms with van der Waals surface area (Å²) in [6.07, 6.45) is 1.39. The number of hydroxylamine groups is 1. The highest BCUT2D eigenvalue weighted by molar-refractivity contribution is 6.34. The van der Waals surface area contributed by atoms with Crippen LogP contribution in [-0.4, -0.2) is 24.6 Å². The van der Waals surface area contributed by atoms with Crippen LogP contribution >= 0.6 is 11.6 Å². The number of hydrogen-bond donors (Lipinski definition) is 2. The number of benzene rings is 1. The van der Waals surface area contributed by atoms with Crippen LogP contribution in [0.15, 0.2) is 29.4 Å². The van der Waals surface area contributed by atoms with Crippen LogP contribution in [0, 0.1) is 0 Å². The first-order valence-corrected chi connectivity index (χ1v) is 5.52. The Morgan fingerprint density at radius 3 is 2.61 bits per heavy atom. The molecule has 0 atom stereocenters. The Hall–Kier alpha value is -1.92. The Bertz CT molecular complexity index is 445. The largest absolute Gasteiger partial charge is 0.334 e. The molecule has 2 amide bonds. The van der Waals surface area contributed by atoms with E-state index < -0.39 is 11.8 Å². The van der Waals surface area contributed by atoms with Crippen LogP contribution in [0.3, 0.4) is 0 Å². The first-order chi connectivity index (χ1) is 8.63. The molecule has 1 aromatic rings. The van der Waals surface area contributed by atoms with E-state index in [-0.39, 0.29) is 6.61 Å². The first-order valence-electron chi connectivity index (χ1n) is 5.14. The molecule has 0 fully saturated rings. The van der Waals surface area contributed by atoms with Crippen molar-refractivity contribution < 1.29 is 14.4 Å². The third-order valence-electron chi connectivity index (χ3n) is 1.77. The summed E-state index contributed by atoms with van der Waals surface area (Å²) in [6.45, 7) is 1.95. The number of carbonyl (C=O) groups excluding carboxylic acids is 2. The number of nitrogens with one attached hydrogen (secondary N) is 2. The number of halogens is 1. The van der Waals surface area contributed by atoms with Crippen LogP contribution in [0.2, 0.25) is 5.02 Å². The number of hydrogen-bond acceptors (Lipinski definition) is 4. The zero-order valence-corrected chi connectivity index (χ0v) is 10.4. The highest BCUT2D eigenvalue weighted by Gasteiger charge is 2.11. The van der Waals surface area contributed by atoms with Gasteiger partial charge in [-0.1, -0.05) is 23.7 Å². The second kappa shape index (κ2) is 7.41. The SMILES string of the molecule is CCONC(=O)C(=O)NN=Cc1ccc(Cl)cc1. The molecule has 0 saturated carbocycles. The molecule has 0 saturated heterocycles. The maximum absolute atomic E-state index is 11.2. The van der Waals surface area contributed by atoms with Crippen LogP contribution in [0.25, 0.3) is 0 Å². The second-order valence-electron chi connectivity index (χ2n) is 3.11.